The van der Waals surface area contributed by atoms with Gasteiger partial charge in [-0.3, -0.25) is 5.41 Å². The summed E-state index contributed by atoms with van der Waals surface area (Å²) in [5.41, 5.74) is 6.42. The number of rotatable bonds is 2. The van der Waals surface area contributed by atoms with Gasteiger partial charge in [0.25, 0.3) is 0 Å². The second-order valence-corrected chi connectivity index (χ2v) is 6.53. The minimum atomic E-state index is -3.43. The Kier molecular flexibility index (Phi) is 5.38. The standard InChI is InChI=1S/C12H18N4O2S.ClH/c1-10-2-4-11(5-3-10)19(17,18)16-8-6-15(7-9-16)12(13)14;/h2-5H,6-9H2,1H3,(H3,13,14);1H. The summed E-state index contributed by atoms with van der Waals surface area (Å²) < 4.78 is 26.2. The average molecular weight is 319 g/mol. The molecule has 1 saturated heterocycles. The molecule has 1 aromatic carbocycles. The lowest BCUT2D eigenvalue weighted by Crippen LogP contribution is -2.52. The minimum absolute atomic E-state index is 0. The Labute approximate surface area is 125 Å². The summed E-state index contributed by atoms with van der Waals surface area (Å²) in [5, 5.41) is 7.33. The number of guanidine groups is 1. The number of nitrogens with one attached hydrogen (secondary N) is 1. The van der Waals surface area contributed by atoms with E-state index in [0.29, 0.717) is 31.1 Å². The SMILES string of the molecule is Cc1ccc(S(=O)(=O)N2CCN(C(=N)N)CC2)cc1.Cl. The zero-order chi connectivity index (χ0) is 14.0. The fraction of sp³-hybridized carbons (Fsp3) is 0.417. The second-order valence-electron chi connectivity index (χ2n) is 4.59. The largest absolute Gasteiger partial charge is 0.370 e. The van der Waals surface area contributed by atoms with Crippen LogP contribution in [0.1, 0.15) is 5.56 Å². The van der Waals surface area contributed by atoms with Gasteiger partial charge < -0.3 is 10.6 Å². The molecule has 2 rings (SSSR count). The summed E-state index contributed by atoms with van der Waals surface area (Å²) in [6, 6.07) is 6.83. The Morgan fingerprint density at radius 2 is 1.65 bits per heavy atom. The highest BCUT2D eigenvalue weighted by Crippen LogP contribution is 2.17. The summed E-state index contributed by atoms with van der Waals surface area (Å²) in [6.45, 7) is 3.55. The fourth-order valence-corrected chi connectivity index (χ4v) is 3.45. The number of sulfonamides is 1. The predicted molar refractivity (Wildman–Crippen MR) is 80.7 cm³/mol. The van der Waals surface area contributed by atoms with E-state index in [1.54, 1.807) is 29.2 Å². The molecule has 1 heterocycles. The number of hydrogen-bond acceptors (Lipinski definition) is 3. The third kappa shape index (κ3) is 3.41. The molecule has 0 radical (unpaired) electrons. The molecule has 112 valence electrons. The van der Waals surface area contributed by atoms with Gasteiger partial charge in [0.05, 0.1) is 4.90 Å². The third-order valence-corrected chi connectivity index (χ3v) is 5.15. The van der Waals surface area contributed by atoms with Crippen LogP contribution in [0, 0.1) is 12.3 Å². The van der Waals surface area contributed by atoms with E-state index in [1.807, 2.05) is 6.92 Å². The fourth-order valence-electron chi connectivity index (χ4n) is 2.03. The van der Waals surface area contributed by atoms with E-state index in [9.17, 15) is 8.42 Å². The van der Waals surface area contributed by atoms with Crippen LogP contribution >= 0.6 is 12.4 Å². The molecule has 6 nitrogen and oxygen atoms in total. The molecule has 0 atom stereocenters. The van der Waals surface area contributed by atoms with Crippen LogP contribution in [0.25, 0.3) is 0 Å². The lowest BCUT2D eigenvalue weighted by Gasteiger charge is -2.34. The van der Waals surface area contributed by atoms with E-state index in [1.165, 1.54) is 4.31 Å². The summed E-state index contributed by atoms with van der Waals surface area (Å²) >= 11 is 0. The maximum atomic E-state index is 12.4. The van der Waals surface area contributed by atoms with Gasteiger partial charge in [-0.2, -0.15) is 4.31 Å². The highest BCUT2D eigenvalue weighted by molar-refractivity contribution is 7.89. The van der Waals surface area contributed by atoms with Crippen molar-refractivity contribution in [1.82, 2.24) is 9.21 Å². The van der Waals surface area contributed by atoms with Gasteiger partial charge in [0, 0.05) is 26.2 Å². The maximum absolute atomic E-state index is 12.4. The van der Waals surface area contributed by atoms with Crippen LogP contribution in [0.4, 0.5) is 0 Å². The van der Waals surface area contributed by atoms with E-state index in [4.69, 9.17) is 11.1 Å². The summed E-state index contributed by atoms with van der Waals surface area (Å²) in [6.07, 6.45) is 0. The van der Waals surface area contributed by atoms with Crippen LogP contribution in [-0.2, 0) is 10.0 Å². The van der Waals surface area contributed by atoms with Crippen LogP contribution in [0.5, 0.6) is 0 Å². The van der Waals surface area contributed by atoms with Gasteiger partial charge in [-0.1, -0.05) is 17.7 Å². The summed E-state index contributed by atoms with van der Waals surface area (Å²) in [7, 11) is -3.43. The molecule has 1 aromatic rings. The average Bonchev–Trinajstić information content (AvgIpc) is 2.39. The van der Waals surface area contributed by atoms with Crippen molar-refractivity contribution in [3.63, 3.8) is 0 Å². The highest BCUT2D eigenvalue weighted by Gasteiger charge is 2.28. The number of piperazine rings is 1. The molecule has 1 fully saturated rings. The van der Waals surface area contributed by atoms with Gasteiger partial charge in [0.1, 0.15) is 0 Å². The van der Waals surface area contributed by atoms with E-state index < -0.39 is 10.0 Å². The first-order valence-corrected chi connectivity index (χ1v) is 7.51. The molecule has 1 aliphatic heterocycles. The molecular weight excluding hydrogens is 300 g/mol. The first-order valence-electron chi connectivity index (χ1n) is 6.07. The quantitative estimate of drug-likeness (QED) is 0.617. The van der Waals surface area contributed by atoms with Crippen molar-refractivity contribution in [2.75, 3.05) is 26.2 Å². The smallest absolute Gasteiger partial charge is 0.243 e. The maximum Gasteiger partial charge on any atom is 0.243 e. The van der Waals surface area contributed by atoms with Crippen LogP contribution in [0.3, 0.4) is 0 Å². The Hall–Kier alpha value is -1.31. The number of benzene rings is 1. The second kappa shape index (κ2) is 6.43. The van der Waals surface area contributed by atoms with Crippen molar-refractivity contribution in [1.29, 1.82) is 5.41 Å². The molecule has 0 bridgehead atoms. The number of nitrogens with zero attached hydrogens (tertiary/aromatic N) is 2. The van der Waals surface area contributed by atoms with Crippen molar-refractivity contribution in [2.45, 2.75) is 11.8 Å². The number of aryl methyl sites for hydroxylation is 1. The van der Waals surface area contributed by atoms with E-state index >= 15 is 0 Å². The number of hydrogen-bond donors (Lipinski definition) is 2. The molecule has 0 unspecified atom stereocenters. The van der Waals surface area contributed by atoms with Crippen LogP contribution < -0.4 is 5.73 Å². The molecule has 0 aromatic heterocycles. The Bertz CT molecular complexity index is 566. The third-order valence-electron chi connectivity index (χ3n) is 3.24. The molecule has 0 saturated carbocycles. The molecule has 8 heteroatoms. The van der Waals surface area contributed by atoms with Gasteiger partial charge in [-0.15, -0.1) is 12.4 Å². The van der Waals surface area contributed by atoms with Crippen molar-refractivity contribution >= 4 is 28.4 Å². The number of halogens is 1. The summed E-state index contributed by atoms with van der Waals surface area (Å²) in [4.78, 5) is 1.98. The lowest BCUT2D eigenvalue weighted by molar-refractivity contribution is 0.263. The van der Waals surface area contributed by atoms with Crippen LogP contribution in [0.2, 0.25) is 0 Å². The molecule has 20 heavy (non-hydrogen) atoms. The molecular formula is C12H19ClN4O2S. The highest BCUT2D eigenvalue weighted by atomic mass is 35.5. The van der Waals surface area contributed by atoms with Crippen molar-refractivity contribution in [2.24, 2.45) is 5.73 Å². The monoisotopic (exact) mass is 318 g/mol. The molecule has 0 aliphatic carbocycles. The number of nitrogens with two attached hydrogens (primary N) is 1. The first-order chi connectivity index (χ1) is 8.91. The van der Waals surface area contributed by atoms with E-state index in [-0.39, 0.29) is 18.4 Å². The van der Waals surface area contributed by atoms with Gasteiger partial charge in [-0.25, -0.2) is 8.42 Å². The van der Waals surface area contributed by atoms with Crippen LogP contribution in [-0.4, -0.2) is 49.8 Å². The predicted octanol–water partition coefficient (Wildman–Crippen LogP) is 0.617. The molecule has 3 N–H and O–H groups in total. The lowest BCUT2D eigenvalue weighted by atomic mass is 10.2. The summed E-state index contributed by atoms with van der Waals surface area (Å²) in [5.74, 6) is -0.00705. The van der Waals surface area contributed by atoms with E-state index in [0.717, 1.165) is 5.56 Å². The zero-order valence-corrected chi connectivity index (χ0v) is 12.9. The van der Waals surface area contributed by atoms with Crippen molar-refractivity contribution < 1.29 is 8.42 Å². The topological polar surface area (TPSA) is 90.5 Å². The van der Waals surface area contributed by atoms with Gasteiger partial charge in [0.2, 0.25) is 10.0 Å². The minimum Gasteiger partial charge on any atom is -0.370 e. The molecule has 1 aliphatic rings. The molecule has 0 spiro atoms. The first kappa shape index (κ1) is 16.7. The van der Waals surface area contributed by atoms with Gasteiger partial charge in [-0.05, 0) is 19.1 Å². The van der Waals surface area contributed by atoms with Gasteiger partial charge in [0.15, 0.2) is 5.96 Å². The van der Waals surface area contributed by atoms with Crippen molar-refractivity contribution in [3.8, 4) is 0 Å². The molecule has 0 amide bonds. The normalized spacial score (nSPS) is 16.6. The zero-order valence-electron chi connectivity index (χ0n) is 11.2. The Morgan fingerprint density at radius 1 is 1.15 bits per heavy atom. The van der Waals surface area contributed by atoms with Crippen molar-refractivity contribution in [3.05, 3.63) is 29.8 Å². The van der Waals surface area contributed by atoms with E-state index in [2.05, 4.69) is 0 Å². The van der Waals surface area contributed by atoms with Crippen LogP contribution in [0.15, 0.2) is 29.2 Å². The Balaban J connectivity index is 0.00000200. The van der Waals surface area contributed by atoms with Gasteiger partial charge >= 0.3 is 0 Å². The Morgan fingerprint density at radius 3 is 2.10 bits per heavy atom.